The lowest BCUT2D eigenvalue weighted by Crippen LogP contribution is -2.22. The Balaban J connectivity index is 1.59. The second-order valence-electron chi connectivity index (χ2n) is 5.45. The standard InChI is InChI=1S/C14H20N6/c1-18(2)14-15-8-12(9-16-14)10-19-7-4-13(11-19)20-6-3-5-17-20/h3,5-6,8-9,13H,4,7,10-11H2,1-2H3. The van der Waals surface area contributed by atoms with Gasteiger partial charge >= 0.3 is 0 Å². The van der Waals surface area contributed by atoms with Gasteiger partial charge in [-0.25, -0.2) is 9.97 Å². The molecule has 1 aliphatic heterocycles. The van der Waals surface area contributed by atoms with Crippen LogP contribution in [0.5, 0.6) is 0 Å². The summed E-state index contributed by atoms with van der Waals surface area (Å²) in [6.45, 7) is 3.04. The largest absolute Gasteiger partial charge is 0.347 e. The van der Waals surface area contributed by atoms with Gasteiger partial charge in [0.2, 0.25) is 5.95 Å². The van der Waals surface area contributed by atoms with Crippen LogP contribution in [-0.4, -0.2) is 51.8 Å². The number of aromatic nitrogens is 4. The lowest BCUT2D eigenvalue weighted by Gasteiger charge is -2.16. The molecule has 0 saturated carbocycles. The van der Waals surface area contributed by atoms with Crippen LogP contribution in [0.15, 0.2) is 30.9 Å². The molecular weight excluding hydrogens is 252 g/mol. The number of nitrogens with zero attached hydrogens (tertiary/aromatic N) is 6. The lowest BCUT2D eigenvalue weighted by molar-refractivity contribution is 0.311. The first-order valence-corrected chi connectivity index (χ1v) is 6.92. The van der Waals surface area contributed by atoms with E-state index in [4.69, 9.17) is 0 Å². The van der Waals surface area contributed by atoms with Gasteiger partial charge in [0.15, 0.2) is 0 Å². The van der Waals surface area contributed by atoms with Gasteiger partial charge in [-0.15, -0.1) is 0 Å². The molecule has 0 N–H and O–H groups in total. The Morgan fingerprint density at radius 2 is 2.10 bits per heavy atom. The average molecular weight is 272 g/mol. The Kier molecular flexibility index (Phi) is 3.64. The van der Waals surface area contributed by atoms with Crippen molar-refractivity contribution in [3.63, 3.8) is 0 Å². The van der Waals surface area contributed by atoms with Crippen molar-refractivity contribution in [1.29, 1.82) is 0 Å². The molecule has 1 saturated heterocycles. The van der Waals surface area contributed by atoms with E-state index in [1.165, 1.54) is 0 Å². The molecule has 1 aliphatic rings. The van der Waals surface area contributed by atoms with Crippen LogP contribution in [0.4, 0.5) is 5.95 Å². The Morgan fingerprint density at radius 1 is 1.30 bits per heavy atom. The van der Waals surface area contributed by atoms with Crippen LogP contribution < -0.4 is 4.90 Å². The summed E-state index contributed by atoms with van der Waals surface area (Å²) in [7, 11) is 3.90. The predicted octanol–water partition coefficient (Wildman–Crippen LogP) is 1.19. The van der Waals surface area contributed by atoms with Crippen molar-refractivity contribution in [1.82, 2.24) is 24.6 Å². The Hall–Kier alpha value is -1.95. The zero-order valence-corrected chi connectivity index (χ0v) is 12.0. The minimum Gasteiger partial charge on any atom is -0.347 e. The average Bonchev–Trinajstić information content (AvgIpc) is 3.09. The fraction of sp³-hybridized carbons (Fsp3) is 0.500. The molecular formula is C14H20N6. The third-order valence-electron chi connectivity index (χ3n) is 3.64. The predicted molar refractivity (Wildman–Crippen MR) is 77.5 cm³/mol. The van der Waals surface area contributed by atoms with Gasteiger partial charge < -0.3 is 4.90 Å². The molecule has 2 aromatic heterocycles. The maximum Gasteiger partial charge on any atom is 0.224 e. The summed E-state index contributed by atoms with van der Waals surface area (Å²) in [5.74, 6) is 0.754. The molecule has 3 rings (SSSR count). The van der Waals surface area contributed by atoms with E-state index in [2.05, 4.69) is 24.6 Å². The van der Waals surface area contributed by atoms with Crippen molar-refractivity contribution in [2.24, 2.45) is 0 Å². The van der Waals surface area contributed by atoms with Crippen LogP contribution >= 0.6 is 0 Å². The van der Waals surface area contributed by atoms with E-state index in [1.54, 1.807) is 0 Å². The maximum atomic E-state index is 4.36. The summed E-state index contributed by atoms with van der Waals surface area (Å²) in [6, 6.07) is 2.48. The van der Waals surface area contributed by atoms with Crippen molar-refractivity contribution in [3.05, 3.63) is 36.4 Å². The Bertz CT molecular complexity index is 533. The third-order valence-corrected chi connectivity index (χ3v) is 3.64. The number of likely N-dealkylation sites (tertiary alicyclic amines) is 1. The normalized spacial score (nSPS) is 19.4. The van der Waals surface area contributed by atoms with Crippen LogP contribution in [0.3, 0.4) is 0 Å². The topological polar surface area (TPSA) is 50.1 Å². The van der Waals surface area contributed by atoms with E-state index in [1.807, 2.05) is 49.8 Å². The first-order valence-electron chi connectivity index (χ1n) is 6.92. The second-order valence-corrected chi connectivity index (χ2v) is 5.45. The van der Waals surface area contributed by atoms with E-state index < -0.39 is 0 Å². The highest BCUT2D eigenvalue weighted by atomic mass is 15.3. The number of hydrogen-bond acceptors (Lipinski definition) is 5. The third kappa shape index (κ3) is 2.80. The molecule has 0 radical (unpaired) electrons. The highest BCUT2D eigenvalue weighted by Crippen LogP contribution is 2.22. The SMILES string of the molecule is CN(C)c1ncc(CN2CCC(n3cccn3)C2)cn1. The van der Waals surface area contributed by atoms with Gasteiger partial charge in [-0.05, 0) is 12.5 Å². The summed E-state index contributed by atoms with van der Waals surface area (Å²) in [5, 5.41) is 4.33. The quantitative estimate of drug-likeness (QED) is 0.836. The molecule has 6 nitrogen and oxygen atoms in total. The molecule has 0 spiro atoms. The maximum absolute atomic E-state index is 4.36. The van der Waals surface area contributed by atoms with Crippen molar-refractivity contribution < 1.29 is 0 Å². The molecule has 20 heavy (non-hydrogen) atoms. The monoisotopic (exact) mass is 272 g/mol. The Morgan fingerprint density at radius 3 is 2.75 bits per heavy atom. The van der Waals surface area contributed by atoms with E-state index >= 15 is 0 Å². The van der Waals surface area contributed by atoms with Crippen molar-refractivity contribution in [2.45, 2.75) is 19.0 Å². The van der Waals surface area contributed by atoms with Gasteiger partial charge in [-0.3, -0.25) is 9.58 Å². The minimum atomic E-state index is 0.493. The van der Waals surface area contributed by atoms with Crippen LogP contribution in [0.25, 0.3) is 0 Å². The summed E-state index contributed by atoms with van der Waals surface area (Å²) in [6.07, 6.45) is 8.88. The summed E-state index contributed by atoms with van der Waals surface area (Å²) in [5.41, 5.74) is 1.16. The summed E-state index contributed by atoms with van der Waals surface area (Å²) >= 11 is 0. The zero-order valence-electron chi connectivity index (χ0n) is 12.0. The van der Waals surface area contributed by atoms with Gasteiger partial charge in [0.1, 0.15) is 0 Å². The lowest BCUT2D eigenvalue weighted by atomic mass is 10.3. The fourth-order valence-electron chi connectivity index (χ4n) is 2.59. The van der Waals surface area contributed by atoms with Gasteiger partial charge in [-0.1, -0.05) is 0 Å². The van der Waals surface area contributed by atoms with Crippen LogP contribution in [-0.2, 0) is 6.54 Å². The minimum absolute atomic E-state index is 0.493. The second kappa shape index (κ2) is 5.58. The van der Waals surface area contributed by atoms with Gasteiger partial charge in [-0.2, -0.15) is 5.10 Å². The van der Waals surface area contributed by atoms with Crippen LogP contribution in [0, 0.1) is 0 Å². The number of anilines is 1. The smallest absolute Gasteiger partial charge is 0.224 e. The van der Waals surface area contributed by atoms with Crippen LogP contribution in [0.1, 0.15) is 18.0 Å². The van der Waals surface area contributed by atoms with E-state index in [0.717, 1.165) is 37.6 Å². The molecule has 0 amide bonds. The van der Waals surface area contributed by atoms with Gasteiger partial charge in [0.05, 0.1) is 6.04 Å². The van der Waals surface area contributed by atoms with Gasteiger partial charge in [0.25, 0.3) is 0 Å². The number of rotatable bonds is 4. The van der Waals surface area contributed by atoms with Crippen molar-refractivity contribution in [2.75, 3.05) is 32.1 Å². The summed E-state index contributed by atoms with van der Waals surface area (Å²) < 4.78 is 2.06. The van der Waals surface area contributed by atoms with Crippen molar-refractivity contribution in [3.8, 4) is 0 Å². The zero-order chi connectivity index (χ0) is 13.9. The molecule has 1 fully saturated rings. The van der Waals surface area contributed by atoms with Crippen LogP contribution in [0.2, 0.25) is 0 Å². The molecule has 2 aromatic rings. The molecule has 3 heterocycles. The highest BCUT2D eigenvalue weighted by Gasteiger charge is 2.24. The molecule has 106 valence electrons. The Labute approximate surface area is 119 Å². The molecule has 0 bridgehead atoms. The molecule has 1 atom stereocenters. The highest BCUT2D eigenvalue weighted by molar-refractivity contribution is 5.26. The van der Waals surface area contributed by atoms with Gasteiger partial charge in [0, 0.05) is 64.1 Å². The van der Waals surface area contributed by atoms with E-state index in [-0.39, 0.29) is 0 Å². The first kappa shape index (κ1) is 13.1. The number of hydrogen-bond donors (Lipinski definition) is 0. The molecule has 0 aromatic carbocycles. The first-order chi connectivity index (χ1) is 9.72. The van der Waals surface area contributed by atoms with E-state index in [0.29, 0.717) is 6.04 Å². The molecule has 6 heteroatoms. The summed E-state index contributed by atoms with van der Waals surface area (Å²) in [4.78, 5) is 13.1. The van der Waals surface area contributed by atoms with Crippen molar-refractivity contribution >= 4 is 5.95 Å². The van der Waals surface area contributed by atoms with E-state index in [9.17, 15) is 0 Å². The molecule has 1 unspecified atom stereocenters. The fourth-order valence-corrected chi connectivity index (χ4v) is 2.59. The molecule has 0 aliphatic carbocycles.